The van der Waals surface area contributed by atoms with E-state index in [1.165, 1.54) is 0 Å². The third-order valence-electron chi connectivity index (χ3n) is 5.96. The van der Waals surface area contributed by atoms with Crippen molar-refractivity contribution in [2.45, 2.75) is 32.0 Å². The average Bonchev–Trinajstić information content (AvgIpc) is 3.27. The van der Waals surface area contributed by atoms with Crippen molar-refractivity contribution < 1.29 is 29.1 Å². The molecule has 1 unspecified atom stereocenters. The molecule has 1 atom stereocenters. The first-order chi connectivity index (χ1) is 14.8. The number of carbonyl (C=O) groups is 5. The fraction of sp³-hybridized carbons (Fsp3) is 0.227. The van der Waals surface area contributed by atoms with Crippen molar-refractivity contribution in [1.29, 1.82) is 0 Å². The first-order valence-corrected chi connectivity index (χ1v) is 9.79. The smallest absolute Gasteiger partial charge is 0.335 e. The Bertz CT molecular complexity index is 1200. The summed E-state index contributed by atoms with van der Waals surface area (Å²) in [6.07, 6.45) is 0.176. The number of anilines is 1. The van der Waals surface area contributed by atoms with E-state index in [1.54, 1.807) is 36.4 Å². The molecule has 0 aromatic heterocycles. The zero-order valence-electron chi connectivity index (χ0n) is 16.3. The van der Waals surface area contributed by atoms with Gasteiger partial charge in [-0.3, -0.25) is 29.4 Å². The van der Waals surface area contributed by atoms with Gasteiger partial charge in [0, 0.05) is 25.2 Å². The molecule has 0 aliphatic carbocycles. The number of aromatic carboxylic acids is 1. The van der Waals surface area contributed by atoms with Crippen LogP contribution >= 0.6 is 0 Å². The van der Waals surface area contributed by atoms with Gasteiger partial charge in [-0.2, -0.15) is 0 Å². The van der Waals surface area contributed by atoms with Gasteiger partial charge in [-0.25, -0.2) is 4.79 Å². The molecular weight excluding hydrogens is 402 g/mol. The summed E-state index contributed by atoms with van der Waals surface area (Å²) in [5.74, 6) is -3.15. The minimum atomic E-state index is -1.00. The van der Waals surface area contributed by atoms with Gasteiger partial charge in [-0.15, -0.1) is 0 Å². The summed E-state index contributed by atoms with van der Waals surface area (Å²) < 4.78 is 0. The van der Waals surface area contributed by atoms with Crippen LogP contribution in [0.25, 0.3) is 0 Å². The molecule has 0 radical (unpaired) electrons. The average molecular weight is 419 g/mol. The predicted octanol–water partition coefficient (Wildman–Crippen LogP) is 1.31. The Hall–Kier alpha value is -4.01. The van der Waals surface area contributed by atoms with Gasteiger partial charge >= 0.3 is 5.97 Å². The van der Waals surface area contributed by atoms with Gasteiger partial charge in [0.2, 0.25) is 11.8 Å². The number of hydrogen-bond donors (Lipinski definition) is 2. The molecule has 31 heavy (non-hydrogen) atoms. The monoisotopic (exact) mass is 419 g/mol. The Kier molecular flexibility index (Phi) is 4.14. The van der Waals surface area contributed by atoms with E-state index < -0.39 is 35.6 Å². The number of benzene rings is 2. The molecular formula is C22H17N3O6. The first kappa shape index (κ1) is 19.0. The Labute approximate surface area is 176 Å². The van der Waals surface area contributed by atoms with Crippen LogP contribution in [0.4, 0.5) is 5.69 Å². The fourth-order valence-electron chi connectivity index (χ4n) is 4.37. The lowest BCUT2D eigenvalue weighted by Crippen LogP contribution is -2.54. The van der Waals surface area contributed by atoms with Crippen LogP contribution in [0.15, 0.2) is 36.4 Å². The van der Waals surface area contributed by atoms with Crippen LogP contribution in [0.2, 0.25) is 0 Å². The molecule has 1 fully saturated rings. The van der Waals surface area contributed by atoms with Gasteiger partial charge in [0.1, 0.15) is 6.04 Å². The highest BCUT2D eigenvalue weighted by Gasteiger charge is 2.44. The Morgan fingerprint density at radius 1 is 0.935 bits per heavy atom. The summed E-state index contributed by atoms with van der Waals surface area (Å²) in [6.45, 7) is 1.03. The van der Waals surface area contributed by atoms with Crippen LogP contribution in [0, 0.1) is 0 Å². The normalized spacial score (nSPS) is 20.1. The van der Waals surface area contributed by atoms with Crippen LogP contribution in [0.3, 0.4) is 0 Å². The molecule has 4 amide bonds. The van der Waals surface area contributed by atoms with E-state index in [1.807, 2.05) is 4.90 Å². The molecule has 2 aromatic carbocycles. The largest absolute Gasteiger partial charge is 0.478 e. The SMILES string of the molecule is O=C1CCC(N2C(=O)c3ccc(N4Cc5ccc(C(=O)O)cc5C4)cc3C2=O)C(=O)N1. The molecule has 3 aliphatic heterocycles. The second kappa shape index (κ2) is 6.76. The summed E-state index contributed by atoms with van der Waals surface area (Å²) in [4.78, 5) is 63.5. The van der Waals surface area contributed by atoms with Crippen molar-refractivity contribution in [1.82, 2.24) is 10.2 Å². The number of amides is 4. The van der Waals surface area contributed by atoms with Crippen LogP contribution in [-0.2, 0) is 22.7 Å². The number of imide groups is 2. The highest BCUT2D eigenvalue weighted by Crippen LogP contribution is 2.34. The van der Waals surface area contributed by atoms with Crippen molar-refractivity contribution in [3.63, 3.8) is 0 Å². The zero-order valence-corrected chi connectivity index (χ0v) is 16.3. The van der Waals surface area contributed by atoms with Crippen LogP contribution in [0.5, 0.6) is 0 Å². The van der Waals surface area contributed by atoms with Crippen LogP contribution in [0.1, 0.15) is 55.0 Å². The van der Waals surface area contributed by atoms with E-state index in [4.69, 9.17) is 0 Å². The van der Waals surface area contributed by atoms with Gasteiger partial charge in [0.25, 0.3) is 11.8 Å². The third kappa shape index (κ3) is 2.97. The minimum Gasteiger partial charge on any atom is -0.478 e. The summed E-state index contributed by atoms with van der Waals surface area (Å²) in [5.41, 5.74) is 3.28. The van der Waals surface area contributed by atoms with E-state index in [2.05, 4.69) is 5.32 Å². The molecule has 1 saturated heterocycles. The van der Waals surface area contributed by atoms with E-state index in [9.17, 15) is 29.1 Å². The third-order valence-corrected chi connectivity index (χ3v) is 5.96. The number of piperidine rings is 1. The predicted molar refractivity (Wildman–Crippen MR) is 106 cm³/mol. The molecule has 3 aliphatic rings. The highest BCUT2D eigenvalue weighted by atomic mass is 16.4. The van der Waals surface area contributed by atoms with Crippen molar-refractivity contribution in [2.75, 3.05) is 4.90 Å². The van der Waals surface area contributed by atoms with E-state index in [0.29, 0.717) is 13.1 Å². The molecule has 9 heteroatoms. The first-order valence-electron chi connectivity index (χ1n) is 9.79. The Morgan fingerprint density at radius 3 is 2.42 bits per heavy atom. The fourth-order valence-corrected chi connectivity index (χ4v) is 4.37. The maximum Gasteiger partial charge on any atom is 0.335 e. The molecule has 0 bridgehead atoms. The molecule has 156 valence electrons. The van der Waals surface area contributed by atoms with Crippen molar-refractivity contribution >= 4 is 35.3 Å². The van der Waals surface area contributed by atoms with Crippen LogP contribution < -0.4 is 10.2 Å². The maximum atomic E-state index is 13.0. The molecule has 3 heterocycles. The number of carbonyl (C=O) groups excluding carboxylic acids is 4. The second-order valence-electron chi connectivity index (χ2n) is 7.82. The number of nitrogens with zero attached hydrogens (tertiary/aromatic N) is 2. The zero-order chi connectivity index (χ0) is 21.9. The summed E-state index contributed by atoms with van der Waals surface area (Å²) in [6, 6.07) is 8.93. The van der Waals surface area contributed by atoms with Gasteiger partial charge in [0.05, 0.1) is 16.7 Å². The van der Waals surface area contributed by atoms with Crippen molar-refractivity contribution in [3.05, 3.63) is 64.2 Å². The molecule has 2 aromatic rings. The van der Waals surface area contributed by atoms with Crippen molar-refractivity contribution in [2.24, 2.45) is 0 Å². The summed E-state index contributed by atoms with van der Waals surface area (Å²) in [5, 5.41) is 11.4. The van der Waals surface area contributed by atoms with E-state index in [0.717, 1.165) is 21.7 Å². The topological polar surface area (TPSA) is 124 Å². The van der Waals surface area contributed by atoms with E-state index in [-0.39, 0.29) is 29.5 Å². The second-order valence-corrected chi connectivity index (χ2v) is 7.82. The number of nitrogens with one attached hydrogen (secondary N) is 1. The number of hydrogen-bond acceptors (Lipinski definition) is 6. The highest BCUT2D eigenvalue weighted by molar-refractivity contribution is 6.23. The van der Waals surface area contributed by atoms with E-state index >= 15 is 0 Å². The summed E-state index contributed by atoms with van der Waals surface area (Å²) >= 11 is 0. The molecule has 0 saturated carbocycles. The molecule has 9 nitrogen and oxygen atoms in total. The number of carboxylic acids is 1. The van der Waals surface area contributed by atoms with Gasteiger partial charge < -0.3 is 10.0 Å². The van der Waals surface area contributed by atoms with Crippen molar-refractivity contribution in [3.8, 4) is 0 Å². The van der Waals surface area contributed by atoms with Gasteiger partial charge in [0.15, 0.2) is 0 Å². The van der Waals surface area contributed by atoms with Crippen LogP contribution in [-0.4, -0.2) is 45.6 Å². The standard InChI is InChI=1S/C22H17N3O6/c26-18-6-5-17(19(27)23-18)25-20(28)15-4-3-14(8-16(15)21(25)29)24-9-12-2-1-11(22(30)31)7-13(12)10-24/h1-4,7-8,17H,5-6,9-10H2,(H,30,31)(H,23,26,27). The number of fused-ring (bicyclic) bond motifs is 2. The summed E-state index contributed by atoms with van der Waals surface area (Å²) in [7, 11) is 0. The Morgan fingerprint density at radius 2 is 1.68 bits per heavy atom. The van der Waals surface area contributed by atoms with Gasteiger partial charge in [-0.1, -0.05) is 6.07 Å². The lowest BCUT2D eigenvalue weighted by molar-refractivity contribution is -0.136. The quantitative estimate of drug-likeness (QED) is 0.719. The maximum absolute atomic E-state index is 13.0. The van der Waals surface area contributed by atoms with Gasteiger partial charge in [-0.05, 0) is 47.9 Å². The minimum absolute atomic E-state index is 0.0689. The molecule has 2 N–H and O–H groups in total. The molecule has 5 rings (SSSR count). The lowest BCUT2D eigenvalue weighted by atomic mass is 10.0. The lowest BCUT2D eigenvalue weighted by Gasteiger charge is -2.27. The number of rotatable bonds is 3. The molecule has 0 spiro atoms. The Balaban J connectivity index is 1.41. The number of carboxylic acid groups (broad SMARTS) is 1.